The Morgan fingerprint density at radius 1 is 1.39 bits per heavy atom. The van der Waals surface area contributed by atoms with Crippen molar-refractivity contribution in [3.63, 3.8) is 0 Å². The molecule has 18 heavy (non-hydrogen) atoms. The minimum atomic E-state index is -0.0280. The lowest BCUT2D eigenvalue weighted by Crippen LogP contribution is -2.27. The molecule has 2 N–H and O–H groups in total. The fourth-order valence-electron chi connectivity index (χ4n) is 1.85. The molecule has 1 heterocycles. The molecule has 0 bridgehead atoms. The number of hydrogen-bond acceptors (Lipinski definition) is 1. The van der Waals surface area contributed by atoms with Gasteiger partial charge in [0, 0.05) is 16.8 Å². The Hall–Kier alpha value is -2.03. The van der Waals surface area contributed by atoms with Crippen molar-refractivity contribution in [1.82, 2.24) is 10.3 Å². The Kier molecular flexibility index (Phi) is 3.51. The molecule has 1 atom stereocenters. The highest BCUT2D eigenvalue weighted by atomic mass is 16.1. The van der Waals surface area contributed by atoms with E-state index in [9.17, 15) is 4.79 Å². The summed E-state index contributed by atoms with van der Waals surface area (Å²) in [7, 11) is 0. The number of carbonyl (C=O) groups is 1. The number of rotatable bonds is 3. The van der Waals surface area contributed by atoms with Crippen LogP contribution in [0.1, 0.15) is 32.5 Å². The summed E-state index contributed by atoms with van der Waals surface area (Å²) >= 11 is 0. The Bertz CT molecular complexity index is 562. The number of hydrogen-bond donors (Lipinski definition) is 2. The van der Waals surface area contributed by atoms with Crippen LogP contribution < -0.4 is 5.32 Å². The normalized spacial score (nSPS) is 13.6. The summed E-state index contributed by atoms with van der Waals surface area (Å²) in [6.07, 6.45) is 1.81. The number of para-hydroxylation sites is 1. The first-order valence-corrected chi connectivity index (χ1v) is 6.13. The van der Waals surface area contributed by atoms with Crippen molar-refractivity contribution >= 4 is 16.8 Å². The van der Waals surface area contributed by atoms with Gasteiger partial charge in [0.2, 0.25) is 5.91 Å². The van der Waals surface area contributed by atoms with E-state index in [1.54, 1.807) is 0 Å². The van der Waals surface area contributed by atoms with Crippen LogP contribution in [-0.2, 0) is 4.79 Å². The third-order valence-corrected chi connectivity index (χ3v) is 3.16. The molecule has 0 spiro atoms. The Balaban J connectivity index is 2.18. The van der Waals surface area contributed by atoms with Gasteiger partial charge in [-0.3, -0.25) is 4.79 Å². The average molecular weight is 242 g/mol. The van der Waals surface area contributed by atoms with Crippen LogP contribution in [0.15, 0.2) is 42.0 Å². The van der Waals surface area contributed by atoms with Crippen LogP contribution in [0.3, 0.4) is 0 Å². The minimum absolute atomic E-state index is 0.0244. The van der Waals surface area contributed by atoms with Crippen LogP contribution in [0.2, 0.25) is 0 Å². The lowest BCUT2D eigenvalue weighted by Gasteiger charge is -2.12. The molecule has 1 amide bonds. The molecule has 0 radical (unpaired) electrons. The Labute approximate surface area is 107 Å². The van der Waals surface area contributed by atoms with E-state index < -0.39 is 0 Å². The summed E-state index contributed by atoms with van der Waals surface area (Å²) in [5.41, 5.74) is 2.85. The Morgan fingerprint density at radius 3 is 2.78 bits per heavy atom. The van der Waals surface area contributed by atoms with Gasteiger partial charge in [0.05, 0.1) is 6.04 Å². The monoisotopic (exact) mass is 242 g/mol. The highest BCUT2D eigenvalue weighted by Gasteiger charge is 2.12. The predicted molar refractivity (Wildman–Crippen MR) is 74.3 cm³/mol. The van der Waals surface area contributed by atoms with Gasteiger partial charge < -0.3 is 10.3 Å². The maximum atomic E-state index is 11.8. The van der Waals surface area contributed by atoms with Crippen LogP contribution in [0, 0.1) is 0 Å². The second-order valence-electron chi connectivity index (χ2n) is 4.48. The van der Waals surface area contributed by atoms with E-state index in [0.29, 0.717) is 0 Å². The molecule has 0 aliphatic heterocycles. The van der Waals surface area contributed by atoms with Crippen molar-refractivity contribution in [1.29, 1.82) is 0 Å². The second kappa shape index (κ2) is 5.08. The van der Waals surface area contributed by atoms with Crippen LogP contribution in [0.5, 0.6) is 0 Å². The highest BCUT2D eigenvalue weighted by molar-refractivity contribution is 5.93. The molecule has 2 rings (SSSR count). The zero-order valence-electron chi connectivity index (χ0n) is 10.9. The molecule has 0 fully saturated rings. The summed E-state index contributed by atoms with van der Waals surface area (Å²) in [5, 5.41) is 4.13. The van der Waals surface area contributed by atoms with Gasteiger partial charge in [0.15, 0.2) is 0 Å². The molecule has 1 aromatic heterocycles. The highest BCUT2D eigenvalue weighted by Crippen LogP contribution is 2.19. The molecule has 0 aliphatic carbocycles. The van der Waals surface area contributed by atoms with Crippen molar-refractivity contribution in [3.8, 4) is 0 Å². The third kappa shape index (κ3) is 2.45. The molecule has 3 heteroatoms. The van der Waals surface area contributed by atoms with E-state index in [1.165, 1.54) is 0 Å². The predicted octanol–water partition coefficient (Wildman–Crippen LogP) is 3.31. The number of allylic oxidation sites excluding steroid dienone is 1. The number of aromatic amines is 1. The van der Waals surface area contributed by atoms with Crippen molar-refractivity contribution < 1.29 is 4.79 Å². The fourth-order valence-corrected chi connectivity index (χ4v) is 1.85. The number of carbonyl (C=O) groups excluding carboxylic acids is 1. The SMILES string of the molecule is CC=C(C)C(=O)NC(C)c1cc2ccccc2[nH]1. The first kappa shape index (κ1) is 12.4. The molecule has 0 saturated heterocycles. The van der Waals surface area contributed by atoms with Gasteiger partial charge in [-0.2, -0.15) is 0 Å². The first-order chi connectivity index (χ1) is 8.61. The molecule has 94 valence electrons. The van der Waals surface area contributed by atoms with E-state index >= 15 is 0 Å². The zero-order chi connectivity index (χ0) is 13.1. The molecule has 2 aromatic rings. The van der Waals surface area contributed by atoms with Crippen molar-refractivity contribution in [2.24, 2.45) is 0 Å². The van der Waals surface area contributed by atoms with Gasteiger partial charge in [0.25, 0.3) is 0 Å². The van der Waals surface area contributed by atoms with Gasteiger partial charge in [-0.05, 0) is 38.3 Å². The lowest BCUT2D eigenvalue weighted by molar-refractivity contribution is -0.118. The summed E-state index contributed by atoms with van der Waals surface area (Å²) in [6.45, 7) is 5.65. The second-order valence-corrected chi connectivity index (χ2v) is 4.48. The van der Waals surface area contributed by atoms with E-state index in [4.69, 9.17) is 0 Å². The van der Waals surface area contributed by atoms with E-state index in [2.05, 4.69) is 22.4 Å². The lowest BCUT2D eigenvalue weighted by atomic mass is 10.2. The van der Waals surface area contributed by atoms with Crippen LogP contribution in [0.25, 0.3) is 10.9 Å². The molecule has 0 aliphatic rings. The molecule has 1 unspecified atom stereocenters. The smallest absolute Gasteiger partial charge is 0.247 e. The van der Waals surface area contributed by atoms with Crippen molar-refractivity contribution in [2.75, 3.05) is 0 Å². The number of amides is 1. The zero-order valence-corrected chi connectivity index (χ0v) is 10.9. The van der Waals surface area contributed by atoms with Gasteiger partial charge in [-0.15, -0.1) is 0 Å². The summed E-state index contributed by atoms with van der Waals surface area (Å²) in [5.74, 6) is -0.0244. The van der Waals surface area contributed by atoms with Crippen molar-refractivity contribution in [3.05, 3.63) is 47.7 Å². The average Bonchev–Trinajstić information content (AvgIpc) is 2.81. The van der Waals surface area contributed by atoms with Crippen LogP contribution in [-0.4, -0.2) is 10.9 Å². The van der Waals surface area contributed by atoms with Gasteiger partial charge in [-0.1, -0.05) is 24.3 Å². The molecular weight excluding hydrogens is 224 g/mol. The number of aromatic nitrogens is 1. The third-order valence-electron chi connectivity index (χ3n) is 3.16. The number of benzene rings is 1. The Morgan fingerprint density at radius 2 is 2.11 bits per heavy atom. The van der Waals surface area contributed by atoms with E-state index in [-0.39, 0.29) is 11.9 Å². The topological polar surface area (TPSA) is 44.9 Å². The van der Waals surface area contributed by atoms with Gasteiger partial charge >= 0.3 is 0 Å². The van der Waals surface area contributed by atoms with Gasteiger partial charge in [0.1, 0.15) is 0 Å². The summed E-state index contributed by atoms with van der Waals surface area (Å²) < 4.78 is 0. The first-order valence-electron chi connectivity index (χ1n) is 6.13. The van der Waals surface area contributed by atoms with E-state index in [0.717, 1.165) is 22.2 Å². The molecule has 1 aromatic carbocycles. The van der Waals surface area contributed by atoms with Gasteiger partial charge in [-0.25, -0.2) is 0 Å². The fraction of sp³-hybridized carbons (Fsp3) is 0.267. The largest absolute Gasteiger partial charge is 0.357 e. The summed E-state index contributed by atoms with van der Waals surface area (Å²) in [4.78, 5) is 15.1. The van der Waals surface area contributed by atoms with E-state index in [1.807, 2.05) is 45.0 Å². The number of H-pyrrole nitrogens is 1. The number of nitrogens with one attached hydrogen (secondary N) is 2. The maximum Gasteiger partial charge on any atom is 0.247 e. The minimum Gasteiger partial charge on any atom is -0.357 e. The quantitative estimate of drug-likeness (QED) is 0.797. The molecule has 3 nitrogen and oxygen atoms in total. The molecule has 0 saturated carbocycles. The standard InChI is InChI=1S/C15H18N2O/c1-4-10(2)15(18)16-11(3)14-9-12-7-5-6-8-13(12)17-14/h4-9,11,17H,1-3H3,(H,16,18). The van der Waals surface area contributed by atoms with Crippen LogP contribution in [0.4, 0.5) is 0 Å². The van der Waals surface area contributed by atoms with Crippen molar-refractivity contribution in [2.45, 2.75) is 26.8 Å². The number of fused-ring (bicyclic) bond motifs is 1. The maximum absolute atomic E-state index is 11.8. The summed E-state index contributed by atoms with van der Waals surface area (Å²) in [6, 6.07) is 10.1. The van der Waals surface area contributed by atoms with Crippen LogP contribution >= 0.6 is 0 Å². The molecular formula is C15H18N2O.